The molecule has 1 aliphatic heterocycles. The van der Waals surface area contributed by atoms with Crippen LogP contribution in [0.5, 0.6) is 0 Å². The summed E-state index contributed by atoms with van der Waals surface area (Å²) in [4.78, 5) is 18.1. The van der Waals surface area contributed by atoms with Gasteiger partial charge in [-0.05, 0) is 32.7 Å². The molecule has 0 aliphatic carbocycles. The second-order valence-electron chi connectivity index (χ2n) is 4.93. The van der Waals surface area contributed by atoms with Crippen LogP contribution in [-0.2, 0) is 11.3 Å². The molecular formula is C13H23ClN4O. The van der Waals surface area contributed by atoms with Crippen LogP contribution in [0.25, 0.3) is 0 Å². The second-order valence-corrected chi connectivity index (χ2v) is 4.93. The van der Waals surface area contributed by atoms with Crippen molar-refractivity contribution < 1.29 is 4.79 Å². The van der Waals surface area contributed by atoms with Gasteiger partial charge in [0.05, 0.1) is 6.04 Å². The van der Waals surface area contributed by atoms with Gasteiger partial charge in [0.25, 0.3) is 0 Å². The summed E-state index contributed by atoms with van der Waals surface area (Å²) >= 11 is 0. The number of halogens is 1. The Balaban J connectivity index is 0.00000180. The third-order valence-corrected chi connectivity index (χ3v) is 3.55. The highest BCUT2D eigenvalue weighted by Crippen LogP contribution is 2.08. The molecule has 1 aromatic rings. The Hall–Kier alpha value is -1.07. The summed E-state index contributed by atoms with van der Waals surface area (Å²) in [5.41, 5.74) is 0. The predicted octanol–water partition coefficient (Wildman–Crippen LogP) is 1.21. The third kappa shape index (κ3) is 4.21. The van der Waals surface area contributed by atoms with Gasteiger partial charge in [-0.1, -0.05) is 0 Å². The first-order chi connectivity index (χ1) is 8.68. The number of aromatic nitrogens is 2. The van der Waals surface area contributed by atoms with Crippen molar-refractivity contribution in [3.63, 3.8) is 0 Å². The molecule has 1 unspecified atom stereocenters. The number of hydrogen-bond donors (Lipinski definition) is 1. The molecule has 1 saturated heterocycles. The van der Waals surface area contributed by atoms with Gasteiger partial charge in [-0.15, -0.1) is 12.4 Å². The number of imidazole rings is 1. The Kier molecular flexibility index (Phi) is 6.31. The van der Waals surface area contributed by atoms with E-state index in [1.165, 1.54) is 0 Å². The zero-order valence-corrected chi connectivity index (χ0v) is 12.4. The van der Waals surface area contributed by atoms with Gasteiger partial charge in [0.2, 0.25) is 5.91 Å². The van der Waals surface area contributed by atoms with Gasteiger partial charge in [-0.25, -0.2) is 4.98 Å². The maximum Gasteiger partial charge on any atom is 0.239 e. The molecule has 19 heavy (non-hydrogen) atoms. The molecule has 108 valence electrons. The highest BCUT2D eigenvalue weighted by molar-refractivity contribution is 5.85. The average Bonchev–Trinajstić information content (AvgIpc) is 3.00. The quantitative estimate of drug-likeness (QED) is 0.885. The largest absolute Gasteiger partial charge is 0.344 e. The molecule has 1 N–H and O–H groups in total. The Bertz CT molecular complexity index is 401. The third-order valence-electron chi connectivity index (χ3n) is 3.55. The number of amides is 1. The molecular weight excluding hydrogens is 264 g/mol. The minimum absolute atomic E-state index is 0. The number of carbonyl (C=O) groups excluding carboxylic acids is 1. The molecule has 1 atom stereocenters. The number of hydrogen-bond acceptors (Lipinski definition) is 3. The number of aryl methyl sites for hydroxylation is 2. The Morgan fingerprint density at radius 1 is 1.63 bits per heavy atom. The van der Waals surface area contributed by atoms with Gasteiger partial charge >= 0.3 is 0 Å². The zero-order chi connectivity index (χ0) is 13.0. The van der Waals surface area contributed by atoms with E-state index in [-0.39, 0.29) is 24.4 Å². The van der Waals surface area contributed by atoms with Crippen LogP contribution in [0.15, 0.2) is 12.4 Å². The number of likely N-dealkylation sites (N-methyl/N-ethyl adjacent to an activating group) is 1. The molecule has 1 fully saturated rings. The lowest BCUT2D eigenvalue weighted by molar-refractivity contribution is -0.131. The van der Waals surface area contributed by atoms with Crippen LogP contribution in [0.1, 0.15) is 25.1 Å². The SMILES string of the molecule is Cc1nccn1CCCN(C)C(=O)C1CCCN1.Cl. The van der Waals surface area contributed by atoms with Crippen molar-refractivity contribution in [2.24, 2.45) is 0 Å². The zero-order valence-electron chi connectivity index (χ0n) is 11.6. The van der Waals surface area contributed by atoms with E-state index in [9.17, 15) is 4.79 Å². The molecule has 0 aromatic carbocycles. The van der Waals surface area contributed by atoms with Crippen LogP contribution in [0.4, 0.5) is 0 Å². The van der Waals surface area contributed by atoms with Crippen LogP contribution >= 0.6 is 12.4 Å². The van der Waals surface area contributed by atoms with Crippen LogP contribution in [0.3, 0.4) is 0 Å². The Morgan fingerprint density at radius 3 is 3.00 bits per heavy atom. The molecule has 2 heterocycles. The second kappa shape index (κ2) is 7.50. The fourth-order valence-electron chi connectivity index (χ4n) is 2.39. The molecule has 1 aliphatic rings. The minimum atomic E-state index is 0. The van der Waals surface area contributed by atoms with Crippen molar-refractivity contribution in [1.82, 2.24) is 19.8 Å². The van der Waals surface area contributed by atoms with Gasteiger partial charge in [-0.3, -0.25) is 4.79 Å². The fourth-order valence-corrected chi connectivity index (χ4v) is 2.39. The van der Waals surface area contributed by atoms with Crippen LogP contribution in [0, 0.1) is 6.92 Å². The molecule has 1 aromatic heterocycles. The number of nitrogens with zero attached hydrogens (tertiary/aromatic N) is 3. The molecule has 0 bridgehead atoms. The monoisotopic (exact) mass is 286 g/mol. The van der Waals surface area contributed by atoms with E-state index in [1.54, 1.807) is 0 Å². The summed E-state index contributed by atoms with van der Waals surface area (Å²) in [6.45, 7) is 4.69. The minimum Gasteiger partial charge on any atom is -0.344 e. The highest BCUT2D eigenvalue weighted by Gasteiger charge is 2.24. The number of carbonyl (C=O) groups is 1. The first kappa shape index (κ1) is 16.0. The maximum atomic E-state index is 12.0. The first-order valence-corrected chi connectivity index (χ1v) is 6.64. The summed E-state index contributed by atoms with van der Waals surface area (Å²) in [6.07, 6.45) is 6.84. The van der Waals surface area contributed by atoms with Crippen molar-refractivity contribution in [3.8, 4) is 0 Å². The summed E-state index contributed by atoms with van der Waals surface area (Å²) in [5, 5.41) is 3.24. The van der Waals surface area contributed by atoms with Gasteiger partial charge in [0.15, 0.2) is 0 Å². The van der Waals surface area contributed by atoms with Crippen LogP contribution in [-0.4, -0.2) is 46.5 Å². The summed E-state index contributed by atoms with van der Waals surface area (Å²) in [6, 6.07) is 0.0463. The van der Waals surface area contributed by atoms with Gasteiger partial charge in [-0.2, -0.15) is 0 Å². The normalized spacial score (nSPS) is 18.1. The topological polar surface area (TPSA) is 50.2 Å². The van der Waals surface area contributed by atoms with E-state index >= 15 is 0 Å². The Morgan fingerprint density at radius 2 is 2.42 bits per heavy atom. The van der Waals surface area contributed by atoms with Crippen LogP contribution < -0.4 is 5.32 Å². The standard InChI is InChI=1S/C13H22N4O.ClH/c1-11-14-7-10-17(11)9-4-8-16(2)13(18)12-5-3-6-15-12;/h7,10,12,15H,3-6,8-9H2,1-2H3;1H. The molecule has 6 heteroatoms. The summed E-state index contributed by atoms with van der Waals surface area (Å²) in [5.74, 6) is 1.26. The first-order valence-electron chi connectivity index (χ1n) is 6.64. The molecule has 0 spiro atoms. The lowest BCUT2D eigenvalue weighted by Crippen LogP contribution is -2.42. The van der Waals surface area contributed by atoms with Gasteiger partial charge < -0.3 is 14.8 Å². The molecule has 0 radical (unpaired) electrons. The van der Waals surface area contributed by atoms with E-state index < -0.39 is 0 Å². The number of nitrogens with one attached hydrogen (secondary N) is 1. The van der Waals surface area contributed by atoms with E-state index in [0.717, 1.165) is 44.7 Å². The smallest absolute Gasteiger partial charge is 0.239 e. The average molecular weight is 287 g/mol. The lowest BCUT2D eigenvalue weighted by atomic mass is 10.2. The predicted molar refractivity (Wildman–Crippen MR) is 77.5 cm³/mol. The fraction of sp³-hybridized carbons (Fsp3) is 0.692. The molecule has 1 amide bonds. The lowest BCUT2D eigenvalue weighted by Gasteiger charge is -2.21. The van der Waals surface area contributed by atoms with Crippen molar-refractivity contribution in [1.29, 1.82) is 0 Å². The van der Waals surface area contributed by atoms with E-state index in [2.05, 4.69) is 14.9 Å². The van der Waals surface area contributed by atoms with E-state index in [0.29, 0.717) is 0 Å². The van der Waals surface area contributed by atoms with Crippen molar-refractivity contribution in [2.45, 2.75) is 38.8 Å². The Labute approximate surface area is 120 Å². The van der Waals surface area contributed by atoms with Gasteiger partial charge in [0, 0.05) is 32.5 Å². The van der Waals surface area contributed by atoms with Crippen molar-refractivity contribution in [2.75, 3.05) is 20.1 Å². The molecule has 2 rings (SSSR count). The summed E-state index contributed by atoms with van der Waals surface area (Å²) in [7, 11) is 1.89. The van der Waals surface area contributed by atoms with Gasteiger partial charge in [0.1, 0.15) is 5.82 Å². The van der Waals surface area contributed by atoms with E-state index in [1.807, 2.05) is 31.3 Å². The van der Waals surface area contributed by atoms with Crippen LogP contribution in [0.2, 0.25) is 0 Å². The molecule has 5 nitrogen and oxygen atoms in total. The summed E-state index contributed by atoms with van der Waals surface area (Å²) < 4.78 is 2.12. The molecule has 0 saturated carbocycles. The van der Waals surface area contributed by atoms with E-state index in [4.69, 9.17) is 0 Å². The highest BCUT2D eigenvalue weighted by atomic mass is 35.5. The van der Waals surface area contributed by atoms with Crippen molar-refractivity contribution >= 4 is 18.3 Å². The number of rotatable bonds is 5. The maximum absolute atomic E-state index is 12.0. The van der Waals surface area contributed by atoms with Crippen molar-refractivity contribution in [3.05, 3.63) is 18.2 Å².